The van der Waals surface area contributed by atoms with Crippen LogP contribution in [0.15, 0.2) is 53.5 Å². The number of hydrogen-bond donors (Lipinski definition) is 2. The van der Waals surface area contributed by atoms with E-state index in [1.807, 2.05) is 12.1 Å². The van der Waals surface area contributed by atoms with E-state index < -0.39 is 24.5 Å². The van der Waals surface area contributed by atoms with Gasteiger partial charge in [-0.15, -0.1) is 0 Å². The van der Waals surface area contributed by atoms with E-state index in [0.29, 0.717) is 30.2 Å². The van der Waals surface area contributed by atoms with Gasteiger partial charge < -0.3 is 19.1 Å². The van der Waals surface area contributed by atoms with Gasteiger partial charge in [0, 0.05) is 30.5 Å². The average Bonchev–Trinajstić information content (AvgIpc) is 3.52. The molecule has 46 heavy (non-hydrogen) atoms. The van der Waals surface area contributed by atoms with Gasteiger partial charge in [-0.25, -0.2) is 23.5 Å². The molecule has 0 aliphatic carbocycles. The first-order valence-electron chi connectivity index (χ1n) is 15.3. The molecular formula is C32H33F2N7O5. The molecule has 14 heteroatoms. The van der Waals surface area contributed by atoms with Crippen LogP contribution in [0.5, 0.6) is 5.88 Å². The number of halogens is 2. The fourth-order valence-electron chi connectivity index (χ4n) is 6.22. The third-order valence-electron chi connectivity index (χ3n) is 8.77. The van der Waals surface area contributed by atoms with Crippen molar-refractivity contribution in [2.45, 2.75) is 64.0 Å². The molecule has 4 aromatic heterocycles. The van der Waals surface area contributed by atoms with E-state index >= 15 is 0 Å². The van der Waals surface area contributed by atoms with Crippen LogP contribution in [0.25, 0.3) is 21.9 Å². The number of nitrogens with one attached hydrogen (secondary N) is 1. The van der Waals surface area contributed by atoms with E-state index in [1.165, 1.54) is 6.20 Å². The minimum atomic E-state index is -2.61. The van der Waals surface area contributed by atoms with E-state index in [2.05, 4.69) is 19.5 Å². The van der Waals surface area contributed by atoms with Gasteiger partial charge in [-0.1, -0.05) is 6.07 Å². The van der Waals surface area contributed by atoms with Crippen LogP contribution in [-0.2, 0) is 31.0 Å². The fraction of sp³-hybridized carbons (Fsp3) is 0.406. The van der Waals surface area contributed by atoms with Crippen LogP contribution in [0.2, 0.25) is 0 Å². The molecule has 0 unspecified atom stereocenters. The van der Waals surface area contributed by atoms with Crippen LogP contribution in [0.3, 0.4) is 0 Å². The number of aromatic nitrogens is 6. The number of carboxylic acid groups (broad SMARTS) is 1. The first-order valence-corrected chi connectivity index (χ1v) is 15.3. The van der Waals surface area contributed by atoms with E-state index in [4.69, 9.17) is 19.4 Å². The lowest BCUT2D eigenvalue weighted by atomic mass is 9.93. The van der Waals surface area contributed by atoms with Gasteiger partial charge in [-0.3, -0.25) is 24.5 Å². The maximum absolute atomic E-state index is 13.0. The molecule has 2 fully saturated rings. The van der Waals surface area contributed by atoms with Crippen LogP contribution in [0.4, 0.5) is 8.78 Å². The molecule has 6 heterocycles. The second-order valence-electron chi connectivity index (χ2n) is 11.8. The highest BCUT2D eigenvalue weighted by Gasteiger charge is 2.26. The Balaban J connectivity index is 0.996. The lowest BCUT2D eigenvalue weighted by molar-refractivity contribution is -0.0592. The highest BCUT2D eigenvalue weighted by molar-refractivity contribution is 5.92. The number of H-pyrrole nitrogens is 1. The zero-order valence-corrected chi connectivity index (χ0v) is 24.9. The Morgan fingerprint density at radius 2 is 1.93 bits per heavy atom. The number of aromatic amines is 1. The first-order chi connectivity index (χ1) is 22.3. The average molecular weight is 634 g/mol. The van der Waals surface area contributed by atoms with Crippen molar-refractivity contribution in [2.24, 2.45) is 0 Å². The highest BCUT2D eigenvalue weighted by atomic mass is 19.3. The maximum Gasteiger partial charge on any atom is 0.335 e. The number of pyridine rings is 2. The maximum atomic E-state index is 13.0. The van der Waals surface area contributed by atoms with E-state index in [1.54, 1.807) is 30.3 Å². The predicted octanol–water partition coefficient (Wildman–Crippen LogP) is 4.18. The molecule has 0 radical (unpaired) electrons. The Morgan fingerprint density at radius 1 is 1.11 bits per heavy atom. The van der Waals surface area contributed by atoms with Crippen LogP contribution in [0.1, 0.15) is 52.8 Å². The van der Waals surface area contributed by atoms with Gasteiger partial charge in [0.25, 0.3) is 12.0 Å². The standard InChI is InChI=1S/C32H33F2N7O5/c33-28(34)16-41-26-13-21(35-14-23(26)31(42)38-41)18-46-30-3-1-2-24(37-30)19-6-9-39(10-7-19)17-29-36-25-5-4-20(32(43)44)12-27(25)40(29)15-22-8-11-45-22/h1-5,12-14,19,22,28H,6-11,15-18H2,(H,38,42)(H,43,44)/t22-/m0/s1. The molecule has 1 atom stereocenters. The summed E-state index contributed by atoms with van der Waals surface area (Å²) in [6, 6.07) is 12.3. The van der Waals surface area contributed by atoms with E-state index in [0.717, 1.165) is 66.2 Å². The zero-order valence-electron chi connectivity index (χ0n) is 24.9. The number of benzene rings is 1. The molecule has 2 aliphatic heterocycles. The smallest absolute Gasteiger partial charge is 0.335 e. The number of imidazole rings is 1. The van der Waals surface area contributed by atoms with Crippen molar-refractivity contribution in [1.29, 1.82) is 0 Å². The fourth-order valence-corrected chi connectivity index (χ4v) is 6.22. The number of hydrogen-bond acceptors (Lipinski definition) is 8. The SMILES string of the molecule is O=C(O)c1ccc2nc(CN3CCC(c4cccc(OCc5cc6c(cn5)c(=O)[nH]n6CC(F)F)n4)CC3)n(C[C@@H]3CCO3)c2c1. The van der Waals surface area contributed by atoms with Gasteiger partial charge in [-0.05, 0) is 62.7 Å². The number of carbonyl (C=O) groups is 1. The Morgan fingerprint density at radius 3 is 2.67 bits per heavy atom. The van der Waals surface area contributed by atoms with Crippen molar-refractivity contribution in [3.63, 3.8) is 0 Å². The number of carboxylic acids is 1. The third-order valence-corrected chi connectivity index (χ3v) is 8.77. The van der Waals surface area contributed by atoms with Gasteiger partial charge in [0.05, 0.1) is 52.4 Å². The summed E-state index contributed by atoms with van der Waals surface area (Å²) in [7, 11) is 0. The van der Waals surface area contributed by atoms with Crippen molar-refractivity contribution in [3.05, 3.63) is 81.8 Å². The number of rotatable bonds is 11. The summed E-state index contributed by atoms with van der Waals surface area (Å²) in [6.45, 7) is 3.19. The number of alkyl halides is 2. The van der Waals surface area contributed by atoms with Crippen LogP contribution in [-0.4, -0.2) is 77.5 Å². The van der Waals surface area contributed by atoms with Crippen molar-refractivity contribution in [1.82, 2.24) is 34.2 Å². The van der Waals surface area contributed by atoms with Gasteiger partial charge >= 0.3 is 5.97 Å². The summed E-state index contributed by atoms with van der Waals surface area (Å²) in [5, 5.41) is 12.2. The number of likely N-dealkylation sites (tertiary alicyclic amines) is 1. The molecule has 12 nitrogen and oxygen atoms in total. The summed E-state index contributed by atoms with van der Waals surface area (Å²) in [5.74, 6) is 0.625. The monoisotopic (exact) mass is 633 g/mol. The van der Waals surface area contributed by atoms with Crippen molar-refractivity contribution in [3.8, 4) is 5.88 Å². The summed E-state index contributed by atoms with van der Waals surface area (Å²) in [5.41, 5.74) is 3.14. The Bertz CT molecular complexity index is 1940. The number of ether oxygens (including phenoxy) is 2. The summed E-state index contributed by atoms with van der Waals surface area (Å²) >= 11 is 0. The van der Waals surface area contributed by atoms with Crippen molar-refractivity contribution < 1.29 is 28.2 Å². The van der Waals surface area contributed by atoms with Gasteiger partial charge in [0.15, 0.2) is 0 Å². The Kier molecular flexibility index (Phi) is 8.21. The largest absolute Gasteiger partial charge is 0.478 e. The van der Waals surface area contributed by atoms with Crippen molar-refractivity contribution >= 4 is 27.9 Å². The molecular weight excluding hydrogens is 600 g/mol. The molecule has 0 saturated carbocycles. The number of piperidine rings is 1. The molecule has 0 amide bonds. The minimum Gasteiger partial charge on any atom is -0.478 e. The van der Waals surface area contributed by atoms with Crippen LogP contribution < -0.4 is 10.3 Å². The highest BCUT2D eigenvalue weighted by Crippen LogP contribution is 2.30. The molecule has 1 aromatic carbocycles. The minimum absolute atomic E-state index is 0.0692. The normalized spacial score (nSPS) is 17.6. The van der Waals surface area contributed by atoms with Gasteiger partial charge in [0.1, 0.15) is 19.0 Å². The molecule has 240 valence electrons. The zero-order chi connectivity index (χ0) is 31.8. The number of fused-ring (bicyclic) bond motifs is 2. The Hall–Kier alpha value is -4.69. The third kappa shape index (κ3) is 6.22. The molecule has 0 bridgehead atoms. The molecule has 7 rings (SSSR count). The lowest BCUT2D eigenvalue weighted by Gasteiger charge is -2.32. The predicted molar refractivity (Wildman–Crippen MR) is 163 cm³/mol. The molecule has 2 saturated heterocycles. The second-order valence-corrected chi connectivity index (χ2v) is 11.8. The molecule has 2 aliphatic rings. The van der Waals surface area contributed by atoms with Crippen molar-refractivity contribution in [2.75, 3.05) is 19.7 Å². The lowest BCUT2D eigenvalue weighted by Crippen LogP contribution is -2.35. The summed E-state index contributed by atoms with van der Waals surface area (Å²) in [6.07, 6.45) is 1.65. The van der Waals surface area contributed by atoms with Crippen LogP contribution >= 0.6 is 0 Å². The van der Waals surface area contributed by atoms with E-state index in [9.17, 15) is 23.5 Å². The Labute approximate surface area is 261 Å². The number of aromatic carboxylic acids is 1. The quantitative estimate of drug-likeness (QED) is 0.219. The first kappa shape index (κ1) is 30.0. The molecule has 2 N–H and O–H groups in total. The number of nitrogens with zero attached hydrogens (tertiary/aromatic N) is 6. The van der Waals surface area contributed by atoms with Gasteiger partial charge in [-0.2, -0.15) is 0 Å². The van der Waals surface area contributed by atoms with E-state index in [-0.39, 0.29) is 29.6 Å². The summed E-state index contributed by atoms with van der Waals surface area (Å²) in [4.78, 5) is 39.9. The van der Waals surface area contributed by atoms with Gasteiger partial charge in [0.2, 0.25) is 5.88 Å². The molecule has 5 aromatic rings. The molecule has 0 spiro atoms. The topological polar surface area (TPSA) is 140 Å². The second kappa shape index (κ2) is 12.6. The van der Waals surface area contributed by atoms with Crippen LogP contribution in [0, 0.1) is 0 Å². The summed E-state index contributed by atoms with van der Waals surface area (Å²) < 4.78 is 40.8.